The number of rotatable bonds is 8. The zero-order valence-corrected chi connectivity index (χ0v) is 12.9. The average Bonchev–Trinajstić information content (AvgIpc) is 2.38. The van der Waals surface area contributed by atoms with E-state index in [1.165, 1.54) is 11.1 Å². The molecule has 0 radical (unpaired) electrons. The molecule has 2 N–H and O–H groups in total. The van der Waals surface area contributed by atoms with Crippen LogP contribution < -0.4 is 5.32 Å². The van der Waals surface area contributed by atoms with Crippen molar-refractivity contribution in [3.63, 3.8) is 0 Å². The number of benzene rings is 1. The van der Waals surface area contributed by atoms with Gasteiger partial charge in [-0.2, -0.15) is 0 Å². The summed E-state index contributed by atoms with van der Waals surface area (Å²) < 4.78 is 0. The van der Waals surface area contributed by atoms with Crippen LogP contribution in [0.5, 0.6) is 0 Å². The van der Waals surface area contributed by atoms with Gasteiger partial charge >= 0.3 is 0 Å². The molecule has 1 aromatic rings. The van der Waals surface area contributed by atoms with Crippen LogP contribution in [0.3, 0.4) is 0 Å². The summed E-state index contributed by atoms with van der Waals surface area (Å²) in [5.74, 6) is 0.422. The molecule has 1 rings (SSSR count). The molecule has 20 heavy (non-hydrogen) atoms. The number of aliphatic hydroxyl groups is 1. The monoisotopic (exact) mass is 277 g/mol. The van der Waals surface area contributed by atoms with Gasteiger partial charge in [-0.05, 0) is 44.6 Å². The van der Waals surface area contributed by atoms with Gasteiger partial charge in [0, 0.05) is 13.0 Å². The fourth-order valence-corrected chi connectivity index (χ4v) is 2.25. The SMILES string of the molecule is Cc1ccc(CCCC(=O)NCC(C)CC(C)O)cc1. The Morgan fingerprint density at radius 3 is 2.50 bits per heavy atom. The summed E-state index contributed by atoms with van der Waals surface area (Å²) in [5, 5.41) is 12.2. The molecule has 1 amide bonds. The van der Waals surface area contributed by atoms with Crippen molar-refractivity contribution >= 4 is 5.91 Å². The molecule has 0 aromatic heterocycles. The fraction of sp³-hybridized carbons (Fsp3) is 0.588. The molecular weight excluding hydrogens is 250 g/mol. The minimum Gasteiger partial charge on any atom is -0.393 e. The van der Waals surface area contributed by atoms with Crippen LogP contribution in [0, 0.1) is 12.8 Å². The van der Waals surface area contributed by atoms with Crippen LogP contribution in [0.1, 0.15) is 44.2 Å². The molecule has 0 aliphatic heterocycles. The maximum absolute atomic E-state index is 11.7. The standard InChI is InChI=1S/C17H27NO2/c1-13-7-9-16(10-8-13)5-4-6-17(20)18-12-14(2)11-15(3)19/h7-10,14-15,19H,4-6,11-12H2,1-3H3,(H,18,20). The molecule has 3 nitrogen and oxygen atoms in total. The van der Waals surface area contributed by atoms with Crippen molar-refractivity contribution in [2.75, 3.05) is 6.54 Å². The smallest absolute Gasteiger partial charge is 0.220 e. The van der Waals surface area contributed by atoms with Gasteiger partial charge in [-0.3, -0.25) is 4.79 Å². The molecule has 0 aliphatic carbocycles. The van der Waals surface area contributed by atoms with E-state index in [9.17, 15) is 9.90 Å². The lowest BCUT2D eigenvalue weighted by Crippen LogP contribution is -2.29. The minimum atomic E-state index is -0.302. The van der Waals surface area contributed by atoms with E-state index in [-0.39, 0.29) is 12.0 Å². The van der Waals surface area contributed by atoms with Gasteiger partial charge in [-0.1, -0.05) is 36.8 Å². The Kier molecular flexibility index (Phi) is 7.31. The topological polar surface area (TPSA) is 49.3 Å². The first-order valence-electron chi connectivity index (χ1n) is 7.47. The Balaban J connectivity index is 2.15. The van der Waals surface area contributed by atoms with Crippen LogP contribution in [-0.2, 0) is 11.2 Å². The molecule has 2 atom stereocenters. The summed E-state index contributed by atoms with van der Waals surface area (Å²) in [4.78, 5) is 11.7. The third-order valence-corrected chi connectivity index (χ3v) is 3.38. The number of aryl methyl sites for hydroxylation is 2. The number of nitrogens with one attached hydrogen (secondary N) is 1. The van der Waals surface area contributed by atoms with Gasteiger partial charge in [0.15, 0.2) is 0 Å². The van der Waals surface area contributed by atoms with Gasteiger partial charge in [0.25, 0.3) is 0 Å². The summed E-state index contributed by atoms with van der Waals surface area (Å²) in [5.41, 5.74) is 2.55. The van der Waals surface area contributed by atoms with E-state index < -0.39 is 0 Å². The molecule has 1 aromatic carbocycles. The molecule has 0 heterocycles. The molecular formula is C17H27NO2. The van der Waals surface area contributed by atoms with E-state index in [1.54, 1.807) is 6.92 Å². The van der Waals surface area contributed by atoms with Gasteiger partial charge < -0.3 is 10.4 Å². The lowest BCUT2D eigenvalue weighted by Gasteiger charge is -2.14. The second-order valence-electron chi connectivity index (χ2n) is 5.83. The number of aliphatic hydroxyl groups excluding tert-OH is 1. The van der Waals surface area contributed by atoms with Gasteiger partial charge in [-0.15, -0.1) is 0 Å². The highest BCUT2D eigenvalue weighted by atomic mass is 16.3. The van der Waals surface area contributed by atoms with E-state index in [0.29, 0.717) is 18.9 Å². The number of hydrogen-bond donors (Lipinski definition) is 2. The van der Waals surface area contributed by atoms with Crippen LogP contribution in [0.15, 0.2) is 24.3 Å². The van der Waals surface area contributed by atoms with Crippen molar-refractivity contribution < 1.29 is 9.90 Å². The summed E-state index contributed by atoms with van der Waals surface area (Å²) in [6.45, 7) is 6.54. The van der Waals surface area contributed by atoms with Crippen LogP contribution in [0.25, 0.3) is 0 Å². The molecule has 0 saturated heterocycles. The maximum atomic E-state index is 11.7. The van der Waals surface area contributed by atoms with Crippen LogP contribution in [0.4, 0.5) is 0 Å². The summed E-state index contributed by atoms with van der Waals surface area (Å²) in [6.07, 6.45) is 2.80. The molecule has 0 spiro atoms. The fourth-order valence-electron chi connectivity index (χ4n) is 2.25. The van der Waals surface area contributed by atoms with Gasteiger partial charge in [-0.25, -0.2) is 0 Å². The molecule has 3 heteroatoms. The highest BCUT2D eigenvalue weighted by Gasteiger charge is 2.08. The average molecular weight is 277 g/mol. The lowest BCUT2D eigenvalue weighted by molar-refractivity contribution is -0.121. The first-order chi connectivity index (χ1) is 9.47. The van der Waals surface area contributed by atoms with E-state index in [1.807, 2.05) is 6.92 Å². The lowest BCUT2D eigenvalue weighted by atomic mass is 10.0. The first kappa shape index (κ1) is 16.7. The van der Waals surface area contributed by atoms with Gasteiger partial charge in [0.2, 0.25) is 5.91 Å². The quantitative estimate of drug-likeness (QED) is 0.767. The second-order valence-corrected chi connectivity index (χ2v) is 5.83. The number of carbonyl (C=O) groups excluding carboxylic acids is 1. The molecule has 0 fully saturated rings. The van der Waals surface area contributed by atoms with E-state index in [0.717, 1.165) is 19.3 Å². The highest BCUT2D eigenvalue weighted by molar-refractivity contribution is 5.75. The van der Waals surface area contributed by atoms with Crippen molar-refractivity contribution in [3.05, 3.63) is 35.4 Å². The molecule has 2 unspecified atom stereocenters. The second kappa shape index (κ2) is 8.75. The summed E-state index contributed by atoms with van der Waals surface area (Å²) in [7, 11) is 0. The van der Waals surface area contributed by atoms with Crippen LogP contribution >= 0.6 is 0 Å². The van der Waals surface area contributed by atoms with E-state index in [2.05, 4.69) is 36.5 Å². The minimum absolute atomic E-state index is 0.106. The van der Waals surface area contributed by atoms with Crippen LogP contribution in [0.2, 0.25) is 0 Å². The van der Waals surface area contributed by atoms with Crippen molar-refractivity contribution in [3.8, 4) is 0 Å². The Morgan fingerprint density at radius 1 is 1.25 bits per heavy atom. The summed E-state index contributed by atoms with van der Waals surface area (Å²) >= 11 is 0. The van der Waals surface area contributed by atoms with Gasteiger partial charge in [0.1, 0.15) is 0 Å². The predicted molar refractivity (Wildman–Crippen MR) is 82.6 cm³/mol. The molecule has 112 valence electrons. The van der Waals surface area contributed by atoms with Crippen molar-refractivity contribution in [2.24, 2.45) is 5.92 Å². The Morgan fingerprint density at radius 2 is 1.90 bits per heavy atom. The molecule has 0 saturated carbocycles. The Bertz CT molecular complexity index is 398. The molecule has 0 bridgehead atoms. The molecule has 0 aliphatic rings. The summed E-state index contributed by atoms with van der Waals surface area (Å²) in [6, 6.07) is 8.45. The van der Waals surface area contributed by atoms with Crippen molar-refractivity contribution in [1.82, 2.24) is 5.32 Å². The normalized spacial score (nSPS) is 13.8. The zero-order valence-electron chi connectivity index (χ0n) is 12.9. The van der Waals surface area contributed by atoms with Gasteiger partial charge in [0.05, 0.1) is 6.10 Å². The number of hydrogen-bond acceptors (Lipinski definition) is 2. The van der Waals surface area contributed by atoms with Crippen molar-refractivity contribution in [1.29, 1.82) is 0 Å². The number of amides is 1. The van der Waals surface area contributed by atoms with E-state index in [4.69, 9.17) is 0 Å². The maximum Gasteiger partial charge on any atom is 0.220 e. The Labute approximate surface area is 122 Å². The van der Waals surface area contributed by atoms with E-state index >= 15 is 0 Å². The van der Waals surface area contributed by atoms with Crippen LogP contribution in [-0.4, -0.2) is 23.7 Å². The number of carbonyl (C=O) groups is 1. The largest absolute Gasteiger partial charge is 0.393 e. The third kappa shape index (κ3) is 7.29. The predicted octanol–water partition coefficient (Wildman–Crippen LogP) is 2.84. The highest BCUT2D eigenvalue weighted by Crippen LogP contribution is 2.08. The Hall–Kier alpha value is -1.35. The zero-order chi connectivity index (χ0) is 15.0. The first-order valence-corrected chi connectivity index (χ1v) is 7.47. The van der Waals surface area contributed by atoms with Crippen molar-refractivity contribution in [2.45, 2.75) is 52.6 Å². The third-order valence-electron chi connectivity index (χ3n) is 3.38.